The summed E-state index contributed by atoms with van der Waals surface area (Å²) in [6.07, 6.45) is 0.589. The van der Waals surface area contributed by atoms with Gasteiger partial charge >= 0.3 is 0 Å². The van der Waals surface area contributed by atoms with Crippen LogP contribution in [0.15, 0.2) is 66.7 Å². The van der Waals surface area contributed by atoms with Crippen molar-refractivity contribution in [3.05, 3.63) is 89.5 Å². The first kappa shape index (κ1) is 16.3. The van der Waals surface area contributed by atoms with Crippen LogP contribution in [0.4, 0.5) is 10.1 Å². The van der Waals surface area contributed by atoms with Gasteiger partial charge < -0.3 is 9.88 Å². The molecular formula is C21H17FN2O2. The minimum atomic E-state index is -0.464. The molecule has 4 nitrogen and oxygen atoms in total. The topological polar surface area (TPSA) is 51.1 Å². The highest BCUT2D eigenvalue weighted by molar-refractivity contribution is 6.08. The van der Waals surface area contributed by atoms with E-state index >= 15 is 0 Å². The molecule has 2 heterocycles. The van der Waals surface area contributed by atoms with E-state index in [9.17, 15) is 14.0 Å². The van der Waals surface area contributed by atoms with Crippen LogP contribution in [0.5, 0.6) is 0 Å². The van der Waals surface area contributed by atoms with Crippen LogP contribution >= 0.6 is 0 Å². The van der Waals surface area contributed by atoms with Gasteiger partial charge in [0, 0.05) is 17.8 Å². The van der Waals surface area contributed by atoms with Gasteiger partial charge in [-0.3, -0.25) is 9.59 Å². The maximum Gasteiger partial charge on any atom is 0.233 e. The van der Waals surface area contributed by atoms with Crippen LogP contribution in [-0.2, 0) is 11.3 Å². The number of anilines is 1. The third-order valence-electron chi connectivity index (χ3n) is 4.73. The largest absolute Gasteiger partial charge is 0.341 e. The van der Waals surface area contributed by atoms with Gasteiger partial charge in [-0.15, -0.1) is 0 Å². The highest BCUT2D eigenvalue weighted by atomic mass is 19.1. The summed E-state index contributed by atoms with van der Waals surface area (Å²) in [7, 11) is 0. The van der Waals surface area contributed by atoms with Crippen LogP contribution in [0.25, 0.3) is 0 Å². The highest BCUT2D eigenvalue weighted by Crippen LogP contribution is 2.32. The third-order valence-corrected chi connectivity index (χ3v) is 4.73. The molecule has 130 valence electrons. The molecule has 1 aromatic heterocycles. The number of hydrogen-bond acceptors (Lipinski definition) is 2. The number of nitrogens with zero attached hydrogens (tertiary/aromatic N) is 1. The Balaban J connectivity index is 1.58. The summed E-state index contributed by atoms with van der Waals surface area (Å²) in [5.74, 6) is -1.18. The highest BCUT2D eigenvalue weighted by Gasteiger charge is 2.32. The van der Waals surface area contributed by atoms with Gasteiger partial charge in [-0.25, -0.2) is 4.39 Å². The number of carbonyl (C=O) groups excluding carboxylic acids is 2. The Hall–Kier alpha value is -3.21. The molecule has 1 atom stereocenters. The Morgan fingerprint density at radius 2 is 1.69 bits per heavy atom. The molecule has 0 radical (unpaired) electrons. The van der Waals surface area contributed by atoms with Crippen LogP contribution in [0.3, 0.4) is 0 Å². The number of benzene rings is 2. The fraction of sp³-hybridized carbons (Fsp3) is 0.143. The van der Waals surface area contributed by atoms with E-state index in [1.54, 1.807) is 30.3 Å². The van der Waals surface area contributed by atoms with E-state index < -0.39 is 11.7 Å². The van der Waals surface area contributed by atoms with Gasteiger partial charge in [0.1, 0.15) is 5.82 Å². The second-order valence-corrected chi connectivity index (χ2v) is 6.30. The number of hydrogen-bond donors (Lipinski definition) is 1. The van der Waals surface area contributed by atoms with E-state index in [1.165, 1.54) is 12.1 Å². The summed E-state index contributed by atoms with van der Waals surface area (Å²) in [4.78, 5) is 25.3. The summed E-state index contributed by atoms with van der Waals surface area (Å²) in [6.45, 7) is 0.589. The van der Waals surface area contributed by atoms with Gasteiger partial charge in [-0.05, 0) is 30.7 Å². The van der Waals surface area contributed by atoms with Crippen molar-refractivity contribution in [1.29, 1.82) is 0 Å². The molecule has 1 amide bonds. The van der Waals surface area contributed by atoms with Crippen molar-refractivity contribution in [3.63, 3.8) is 0 Å². The first-order valence-electron chi connectivity index (χ1n) is 8.49. The van der Waals surface area contributed by atoms with Gasteiger partial charge in [0.05, 0.1) is 17.3 Å². The quantitative estimate of drug-likeness (QED) is 0.725. The zero-order valence-electron chi connectivity index (χ0n) is 14.0. The predicted molar refractivity (Wildman–Crippen MR) is 96.7 cm³/mol. The van der Waals surface area contributed by atoms with E-state index in [4.69, 9.17) is 0 Å². The number of nitrogens with one attached hydrogen (secondary N) is 1. The average Bonchev–Trinajstić information content (AvgIpc) is 3.25. The fourth-order valence-corrected chi connectivity index (χ4v) is 3.43. The minimum absolute atomic E-state index is 0.0630. The van der Waals surface area contributed by atoms with Crippen molar-refractivity contribution in [2.24, 2.45) is 0 Å². The van der Waals surface area contributed by atoms with Crippen LogP contribution in [0.1, 0.15) is 34.1 Å². The van der Waals surface area contributed by atoms with Gasteiger partial charge in [0.2, 0.25) is 11.7 Å². The monoisotopic (exact) mass is 348 g/mol. The van der Waals surface area contributed by atoms with E-state index in [0.29, 0.717) is 24.2 Å². The van der Waals surface area contributed by atoms with Crippen LogP contribution < -0.4 is 5.32 Å². The number of amides is 1. The summed E-state index contributed by atoms with van der Waals surface area (Å²) < 4.78 is 15.7. The zero-order chi connectivity index (χ0) is 18.1. The summed E-state index contributed by atoms with van der Waals surface area (Å²) in [6, 6.07) is 18.7. The smallest absolute Gasteiger partial charge is 0.233 e. The Labute approximate surface area is 150 Å². The molecule has 0 saturated heterocycles. The van der Waals surface area contributed by atoms with Crippen molar-refractivity contribution in [1.82, 2.24) is 4.57 Å². The van der Waals surface area contributed by atoms with Gasteiger partial charge in [0.15, 0.2) is 0 Å². The molecule has 4 rings (SSSR count). The first-order valence-corrected chi connectivity index (χ1v) is 8.49. The maximum atomic E-state index is 13.8. The van der Waals surface area contributed by atoms with Crippen molar-refractivity contribution < 1.29 is 14.0 Å². The second-order valence-electron chi connectivity index (χ2n) is 6.30. The number of rotatable bonds is 4. The Bertz CT molecular complexity index is 979. The molecule has 1 unspecified atom stereocenters. The molecule has 0 aliphatic carbocycles. The number of fused-ring (bicyclic) bond motifs is 1. The number of carbonyl (C=O) groups is 2. The maximum absolute atomic E-state index is 13.8. The minimum Gasteiger partial charge on any atom is -0.341 e. The lowest BCUT2D eigenvalue weighted by Gasteiger charge is -2.11. The number of halogens is 1. The molecule has 2 aromatic carbocycles. The van der Waals surface area contributed by atoms with E-state index in [2.05, 4.69) is 5.32 Å². The summed E-state index contributed by atoms with van der Waals surface area (Å²) >= 11 is 0. The average molecular weight is 348 g/mol. The molecule has 1 N–H and O–H groups in total. The van der Waals surface area contributed by atoms with E-state index in [0.717, 1.165) is 5.69 Å². The number of aromatic nitrogens is 1. The molecule has 26 heavy (non-hydrogen) atoms. The van der Waals surface area contributed by atoms with Crippen molar-refractivity contribution in [3.8, 4) is 0 Å². The predicted octanol–water partition coefficient (Wildman–Crippen LogP) is 3.98. The Morgan fingerprint density at radius 3 is 2.46 bits per heavy atom. The molecule has 3 aromatic rings. The molecule has 0 bridgehead atoms. The summed E-state index contributed by atoms with van der Waals surface area (Å²) in [5, 5.41) is 2.65. The van der Waals surface area contributed by atoms with Crippen LogP contribution in [0.2, 0.25) is 0 Å². The van der Waals surface area contributed by atoms with Gasteiger partial charge in [0.25, 0.3) is 0 Å². The first-order chi connectivity index (χ1) is 12.6. The second kappa shape index (κ2) is 6.59. The zero-order valence-corrected chi connectivity index (χ0v) is 14.0. The van der Waals surface area contributed by atoms with Gasteiger partial charge in [-0.2, -0.15) is 0 Å². The fourth-order valence-electron chi connectivity index (χ4n) is 3.43. The van der Waals surface area contributed by atoms with Crippen LogP contribution in [0, 0.1) is 5.82 Å². The molecule has 1 aliphatic heterocycles. The standard InChI is InChI=1S/C21H17FN2O2/c22-16-8-4-5-9-17(16)23-21(26)15-12-13-24-18(15)10-11-19(24)20(25)14-6-2-1-3-7-14/h1-11,15H,12-13H2,(H,23,26). The Kier molecular flexibility index (Phi) is 4.13. The molecule has 5 heteroatoms. The van der Waals surface area contributed by atoms with Crippen molar-refractivity contribution in [2.75, 3.05) is 5.32 Å². The summed E-state index contributed by atoms with van der Waals surface area (Å²) in [5.41, 5.74) is 2.15. The molecule has 0 fully saturated rings. The normalized spacial score (nSPS) is 15.5. The lowest BCUT2D eigenvalue weighted by Crippen LogP contribution is -2.20. The van der Waals surface area contributed by atoms with E-state index in [1.807, 2.05) is 28.8 Å². The SMILES string of the molecule is O=C(c1ccccc1)c1ccc2n1CCC2C(=O)Nc1ccccc1F. The lowest BCUT2D eigenvalue weighted by atomic mass is 10.0. The van der Waals surface area contributed by atoms with Crippen molar-refractivity contribution >= 4 is 17.4 Å². The van der Waals surface area contributed by atoms with Gasteiger partial charge in [-0.1, -0.05) is 42.5 Å². The molecular weight excluding hydrogens is 331 g/mol. The Morgan fingerprint density at radius 1 is 0.962 bits per heavy atom. The van der Waals surface area contributed by atoms with E-state index in [-0.39, 0.29) is 17.4 Å². The lowest BCUT2D eigenvalue weighted by molar-refractivity contribution is -0.117. The number of ketones is 1. The molecule has 0 spiro atoms. The molecule has 0 saturated carbocycles. The number of para-hydroxylation sites is 1. The third kappa shape index (κ3) is 2.81. The molecule has 1 aliphatic rings. The van der Waals surface area contributed by atoms with Crippen LogP contribution in [-0.4, -0.2) is 16.3 Å². The van der Waals surface area contributed by atoms with Crippen molar-refractivity contribution in [2.45, 2.75) is 18.9 Å².